The maximum absolute atomic E-state index is 13.2. The highest BCUT2D eigenvalue weighted by molar-refractivity contribution is 5.77. The summed E-state index contributed by atoms with van der Waals surface area (Å²) in [6.07, 6.45) is 2.25. The Morgan fingerprint density at radius 2 is 2.14 bits per heavy atom. The summed E-state index contributed by atoms with van der Waals surface area (Å²) in [5, 5.41) is 7.65. The fraction of sp³-hybridized carbons (Fsp3) is 0.524. The fourth-order valence-corrected chi connectivity index (χ4v) is 4.69. The highest BCUT2D eigenvalue weighted by atomic mass is 19.1. The highest BCUT2D eigenvalue weighted by Crippen LogP contribution is 2.42. The summed E-state index contributed by atoms with van der Waals surface area (Å²) in [4.78, 5) is 14.2. The topological polar surface area (TPSA) is 59.4 Å². The zero-order chi connectivity index (χ0) is 19.7. The van der Waals surface area contributed by atoms with E-state index in [1.807, 2.05) is 11.7 Å². The van der Waals surface area contributed by atoms with Crippen LogP contribution in [0.1, 0.15) is 24.5 Å². The predicted molar refractivity (Wildman–Crippen MR) is 104 cm³/mol. The molecule has 1 aromatic heterocycles. The summed E-state index contributed by atoms with van der Waals surface area (Å²) >= 11 is 0. The van der Waals surface area contributed by atoms with E-state index < -0.39 is 0 Å². The predicted octanol–water partition coefficient (Wildman–Crippen LogP) is 2.17. The first-order chi connectivity index (χ1) is 13.5. The van der Waals surface area contributed by atoms with Crippen molar-refractivity contribution < 1.29 is 13.9 Å². The number of piperidine rings is 3. The average molecular weight is 386 g/mol. The monoisotopic (exact) mass is 386 g/mol. The van der Waals surface area contributed by atoms with Crippen molar-refractivity contribution >= 4 is 5.91 Å². The number of hydrogen-bond donors (Lipinski definition) is 1. The van der Waals surface area contributed by atoms with Gasteiger partial charge in [-0.1, -0.05) is 0 Å². The molecule has 2 aromatic rings. The number of amides is 1. The van der Waals surface area contributed by atoms with Crippen LogP contribution in [0, 0.1) is 11.7 Å². The third-order valence-electron chi connectivity index (χ3n) is 6.12. The maximum atomic E-state index is 13.2. The largest absolute Gasteiger partial charge is 0.375 e. The van der Waals surface area contributed by atoms with Gasteiger partial charge in [0.15, 0.2) is 0 Å². The summed E-state index contributed by atoms with van der Waals surface area (Å²) in [5.41, 5.74) is 3.05. The second kappa shape index (κ2) is 8.01. The smallest absolute Gasteiger partial charge is 0.246 e. The molecule has 28 heavy (non-hydrogen) atoms. The Hall–Kier alpha value is -2.25. The number of aryl methyl sites for hydroxylation is 1. The Morgan fingerprint density at radius 3 is 2.82 bits per heavy atom. The molecule has 0 radical (unpaired) electrons. The molecule has 7 heteroatoms. The second-order valence-corrected chi connectivity index (χ2v) is 7.86. The number of hydrogen-bond acceptors (Lipinski definition) is 4. The minimum absolute atomic E-state index is 0.0581. The molecule has 1 aromatic carbocycles. The zero-order valence-electron chi connectivity index (χ0n) is 16.4. The van der Waals surface area contributed by atoms with Crippen LogP contribution in [0.3, 0.4) is 0 Å². The van der Waals surface area contributed by atoms with Gasteiger partial charge < -0.3 is 10.1 Å². The van der Waals surface area contributed by atoms with Crippen molar-refractivity contribution in [3.63, 3.8) is 0 Å². The van der Waals surface area contributed by atoms with E-state index in [4.69, 9.17) is 4.74 Å². The first kappa shape index (κ1) is 19.1. The van der Waals surface area contributed by atoms with E-state index in [0.29, 0.717) is 24.4 Å². The van der Waals surface area contributed by atoms with Crippen LogP contribution in [0.5, 0.6) is 0 Å². The summed E-state index contributed by atoms with van der Waals surface area (Å²) in [6.45, 7) is 2.85. The molecule has 5 rings (SSSR count). The van der Waals surface area contributed by atoms with Crippen LogP contribution in [0.2, 0.25) is 0 Å². The molecule has 4 heterocycles. The van der Waals surface area contributed by atoms with Gasteiger partial charge in [-0.15, -0.1) is 0 Å². The molecule has 6 nitrogen and oxygen atoms in total. The highest BCUT2D eigenvalue weighted by Gasteiger charge is 2.41. The number of benzene rings is 1. The van der Waals surface area contributed by atoms with Crippen LogP contribution in [-0.4, -0.2) is 60.0 Å². The molecule has 3 aliphatic rings. The van der Waals surface area contributed by atoms with Gasteiger partial charge in [0, 0.05) is 50.5 Å². The summed E-state index contributed by atoms with van der Waals surface area (Å²) in [5.74, 6) is 0.732. The molecule has 1 N–H and O–H groups in total. The van der Waals surface area contributed by atoms with Gasteiger partial charge in [-0.05, 0) is 55.6 Å². The number of fused-ring (bicyclic) bond motifs is 3. The minimum Gasteiger partial charge on any atom is -0.375 e. The molecule has 0 saturated carbocycles. The van der Waals surface area contributed by atoms with E-state index in [9.17, 15) is 9.18 Å². The van der Waals surface area contributed by atoms with E-state index in [1.54, 1.807) is 12.1 Å². The minimum atomic E-state index is -0.235. The van der Waals surface area contributed by atoms with Crippen LogP contribution in [0.4, 0.5) is 4.39 Å². The van der Waals surface area contributed by atoms with E-state index in [2.05, 4.69) is 21.4 Å². The van der Waals surface area contributed by atoms with Crippen molar-refractivity contribution in [2.75, 3.05) is 33.4 Å². The van der Waals surface area contributed by atoms with E-state index in [-0.39, 0.29) is 18.3 Å². The van der Waals surface area contributed by atoms with Crippen molar-refractivity contribution in [2.45, 2.75) is 24.8 Å². The number of ether oxygens (including phenoxy) is 1. The van der Waals surface area contributed by atoms with Gasteiger partial charge in [0.2, 0.25) is 5.91 Å². The van der Waals surface area contributed by atoms with Crippen molar-refractivity contribution in [1.82, 2.24) is 20.0 Å². The molecule has 0 aliphatic carbocycles. The Morgan fingerprint density at radius 1 is 1.36 bits per heavy atom. The van der Waals surface area contributed by atoms with E-state index in [0.717, 1.165) is 30.8 Å². The van der Waals surface area contributed by atoms with Crippen molar-refractivity contribution in [3.05, 3.63) is 41.8 Å². The lowest BCUT2D eigenvalue weighted by atomic mass is 9.74. The van der Waals surface area contributed by atoms with Gasteiger partial charge in [-0.25, -0.2) is 4.39 Å². The summed E-state index contributed by atoms with van der Waals surface area (Å²) in [7, 11) is 3.52. The first-order valence-corrected chi connectivity index (χ1v) is 9.84. The van der Waals surface area contributed by atoms with Gasteiger partial charge in [-0.3, -0.25) is 14.4 Å². The molecule has 2 bridgehead atoms. The second-order valence-electron chi connectivity index (χ2n) is 7.86. The number of halogens is 1. The van der Waals surface area contributed by atoms with Gasteiger partial charge in [0.25, 0.3) is 0 Å². The van der Waals surface area contributed by atoms with Crippen LogP contribution < -0.4 is 5.32 Å². The maximum Gasteiger partial charge on any atom is 0.246 e. The molecule has 150 valence electrons. The fourth-order valence-electron chi connectivity index (χ4n) is 4.69. The van der Waals surface area contributed by atoms with Crippen molar-refractivity contribution in [3.8, 4) is 11.3 Å². The number of rotatable bonds is 6. The Balaban J connectivity index is 1.45. The number of carbonyl (C=O) groups is 1. The van der Waals surface area contributed by atoms with Crippen LogP contribution >= 0.6 is 0 Å². The van der Waals surface area contributed by atoms with Crippen LogP contribution in [0.25, 0.3) is 11.3 Å². The molecule has 1 amide bonds. The molecule has 3 saturated heterocycles. The number of carbonyl (C=O) groups excluding carboxylic acids is 1. The third-order valence-corrected chi connectivity index (χ3v) is 6.12. The number of nitrogens with one attached hydrogen (secondary N) is 1. The lowest BCUT2D eigenvalue weighted by Crippen LogP contribution is -2.56. The van der Waals surface area contributed by atoms with Crippen LogP contribution in [0.15, 0.2) is 30.3 Å². The molecule has 0 spiro atoms. The summed E-state index contributed by atoms with van der Waals surface area (Å²) in [6, 6.07) is 9.03. The number of nitrogens with zero attached hydrogens (tertiary/aromatic N) is 3. The molecular weight excluding hydrogens is 359 g/mol. The van der Waals surface area contributed by atoms with Crippen LogP contribution in [-0.2, 0) is 16.6 Å². The standard InChI is InChI=1S/C21H27FN4O2/c1-25-20(10-19(24-25)14-3-5-16(22)6-4-14)18-12-26-8-7-15(18)9-17(26)11-23-21(27)13-28-2/h3-6,10,15,17-18H,7-9,11-13H2,1-2H3,(H,23,27)/t15-,17+,18-/m0/s1. The lowest BCUT2D eigenvalue weighted by molar-refractivity contribution is -0.125. The Kier molecular flexibility index (Phi) is 5.46. The number of methoxy groups -OCH3 is 1. The van der Waals surface area contributed by atoms with E-state index >= 15 is 0 Å². The van der Waals surface area contributed by atoms with Crippen molar-refractivity contribution in [1.29, 1.82) is 0 Å². The van der Waals surface area contributed by atoms with E-state index in [1.165, 1.54) is 31.4 Å². The van der Waals surface area contributed by atoms with Gasteiger partial charge >= 0.3 is 0 Å². The molecular formula is C21H27FN4O2. The zero-order valence-corrected chi connectivity index (χ0v) is 16.4. The molecule has 3 fully saturated rings. The lowest BCUT2D eigenvalue weighted by Gasteiger charge is -2.50. The molecule has 4 atom stereocenters. The quantitative estimate of drug-likeness (QED) is 0.827. The van der Waals surface area contributed by atoms with Crippen molar-refractivity contribution in [2.24, 2.45) is 13.0 Å². The van der Waals surface area contributed by atoms with Gasteiger partial charge in [-0.2, -0.15) is 5.10 Å². The third kappa shape index (κ3) is 3.82. The summed E-state index contributed by atoms with van der Waals surface area (Å²) < 4.78 is 20.1. The molecule has 3 aliphatic heterocycles. The normalized spacial score (nSPS) is 26.4. The Bertz CT molecular complexity index is 835. The SMILES string of the molecule is COCC(=O)NC[C@H]1C[C@@H]2CCN1C[C@@H]2c1cc(-c2ccc(F)cc2)nn1C. The Labute approximate surface area is 164 Å². The number of aromatic nitrogens is 2. The van der Waals surface area contributed by atoms with Gasteiger partial charge in [0.1, 0.15) is 12.4 Å². The first-order valence-electron chi connectivity index (χ1n) is 9.84. The van der Waals surface area contributed by atoms with Gasteiger partial charge in [0.05, 0.1) is 5.69 Å². The average Bonchev–Trinajstić information content (AvgIpc) is 3.09. The molecule has 1 unspecified atom stereocenters.